The quantitative estimate of drug-likeness (QED) is 0.318. The number of nitrogens with zero attached hydrogens (tertiary/aromatic N) is 6. The Morgan fingerprint density at radius 2 is 1.78 bits per heavy atom. The summed E-state index contributed by atoms with van der Waals surface area (Å²) in [5, 5.41) is 1.30. The van der Waals surface area contributed by atoms with E-state index in [1.807, 2.05) is 47.1 Å². The predicted octanol–water partition coefficient (Wildman–Crippen LogP) is 4.41. The zero-order valence-electron chi connectivity index (χ0n) is 19.1. The van der Waals surface area contributed by atoms with E-state index in [-0.39, 0.29) is 17.7 Å². The fourth-order valence-electron chi connectivity index (χ4n) is 4.39. The summed E-state index contributed by atoms with van der Waals surface area (Å²) in [4.78, 5) is 41.4. The zero-order valence-corrected chi connectivity index (χ0v) is 20.7. The standard InChI is InChI=1S/C26H19ClN6O2S/c1-16-23-20(13-22(34)31(16)15-18-9-5-11-21(27)29-18)32(14-17-7-3-2-4-8-17)33(25(23)35)26-30-19-10-6-12-28-24(19)36-26/h2-13H,14-15H2,1H3. The van der Waals surface area contributed by atoms with E-state index in [1.165, 1.54) is 17.4 Å². The lowest BCUT2D eigenvalue weighted by atomic mass is 10.2. The number of fused-ring (bicyclic) bond motifs is 2. The molecular weight excluding hydrogens is 496 g/mol. The average molecular weight is 515 g/mol. The van der Waals surface area contributed by atoms with Crippen molar-refractivity contribution >= 4 is 44.2 Å². The number of benzene rings is 1. The third-order valence-corrected chi connectivity index (χ3v) is 7.24. The summed E-state index contributed by atoms with van der Waals surface area (Å²) in [6.07, 6.45) is 1.70. The van der Waals surface area contributed by atoms with E-state index in [1.54, 1.807) is 40.6 Å². The second kappa shape index (κ2) is 8.85. The van der Waals surface area contributed by atoms with Crippen LogP contribution in [-0.4, -0.2) is 28.9 Å². The summed E-state index contributed by atoms with van der Waals surface area (Å²) in [5.74, 6) is 0. The van der Waals surface area contributed by atoms with Gasteiger partial charge in [-0.05, 0) is 36.8 Å². The highest BCUT2D eigenvalue weighted by atomic mass is 35.5. The lowest BCUT2D eigenvalue weighted by molar-refractivity contribution is 0.610. The van der Waals surface area contributed by atoms with Crippen LogP contribution in [0, 0.1) is 6.92 Å². The number of thiazole rings is 1. The fraction of sp³-hybridized carbons (Fsp3) is 0.115. The van der Waals surface area contributed by atoms with Gasteiger partial charge < -0.3 is 4.57 Å². The van der Waals surface area contributed by atoms with E-state index in [4.69, 9.17) is 11.6 Å². The van der Waals surface area contributed by atoms with Crippen molar-refractivity contribution in [1.29, 1.82) is 0 Å². The molecule has 8 nitrogen and oxygen atoms in total. The van der Waals surface area contributed by atoms with Crippen molar-refractivity contribution in [2.24, 2.45) is 0 Å². The molecule has 0 amide bonds. The minimum Gasteiger partial charge on any atom is -0.306 e. The largest absolute Gasteiger partial charge is 0.306 e. The monoisotopic (exact) mass is 514 g/mol. The van der Waals surface area contributed by atoms with Gasteiger partial charge in [0.1, 0.15) is 15.5 Å². The first-order chi connectivity index (χ1) is 17.5. The van der Waals surface area contributed by atoms with Crippen LogP contribution in [0.4, 0.5) is 0 Å². The van der Waals surface area contributed by atoms with E-state index >= 15 is 0 Å². The molecule has 0 aliphatic rings. The molecule has 1 aromatic carbocycles. The summed E-state index contributed by atoms with van der Waals surface area (Å²) in [6, 6.07) is 20.3. The van der Waals surface area contributed by atoms with Crippen molar-refractivity contribution in [3.05, 3.63) is 116 Å². The lowest BCUT2D eigenvalue weighted by Crippen LogP contribution is -2.24. The first kappa shape index (κ1) is 22.4. The molecule has 0 bridgehead atoms. The molecule has 0 saturated heterocycles. The molecule has 0 fully saturated rings. The van der Waals surface area contributed by atoms with Gasteiger partial charge in [0, 0.05) is 18.0 Å². The minimum absolute atomic E-state index is 0.204. The summed E-state index contributed by atoms with van der Waals surface area (Å²) in [6.45, 7) is 2.38. The SMILES string of the molecule is Cc1c2c(=O)n(-c3nc4cccnc4s3)n(Cc3ccccc3)c2cc(=O)n1Cc1cccc(Cl)n1. The maximum absolute atomic E-state index is 13.9. The first-order valence-electron chi connectivity index (χ1n) is 11.2. The van der Waals surface area contributed by atoms with E-state index in [2.05, 4.69) is 15.0 Å². The molecule has 5 heterocycles. The summed E-state index contributed by atoms with van der Waals surface area (Å²) >= 11 is 7.38. The Hall–Kier alpha value is -4.08. The average Bonchev–Trinajstić information content (AvgIpc) is 3.41. The molecule has 36 heavy (non-hydrogen) atoms. The molecule has 0 unspecified atom stereocenters. The van der Waals surface area contributed by atoms with Crippen LogP contribution in [0.15, 0.2) is 82.5 Å². The molecule has 10 heteroatoms. The first-order valence-corrected chi connectivity index (χ1v) is 12.4. The Labute approximate surface area is 213 Å². The second-order valence-corrected chi connectivity index (χ2v) is 9.69. The maximum atomic E-state index is 13.9. The van der Waals surface area contributed by atoms with Gasteiger partial charge >= 0.3 is 0 Å². The van der Waals surface area contributed by atoms with E-state index in [9.17, 15) is 9.59 Å². The van der Waals surface area contributed by atoms with Gasteiger partial charge in [-0.1, -0.05) is 59.3 Å². The summed E-state index contributed by atoms with van der Waals surface area (Å²) < 4.78 is 4.93. The molecule has 6 aromatic rings. The Balaban J connectivity index is 1.61. The van der Waals surface area contributed by atoms with Gasteiger partial charge in [-0.2, -0.15) is 4.68 Å². The summed E-state index contributed by atoms with van der Waals surface area (Å²) in [5.41, 5.74) is 2.97. The van der Waals surface area contributed by atoms with E-state index < -0.39 is 0 Å². The van der Waals surface area contributed by atoms with Crippen molar-refractivity contribution in [1.82, 2.24) is 28.9 Å². The molecular formula is C26H19ClN6O2S. The zero-order chi connectivity index (χ0) is 24.8. The highest BCUT2D eigenvalue weighted by molar-refractivity contribution is 7.20. The van der Waals surface area contributed by atoms with Crippen molar-refractivity contribution in [2.45, 2.75) is 20.0 Å². The maximum Gasteiger partial charge on any atom is 0.283 e. The minimum atomic E-state index is -0.245. The van der Waals surface area contributed by atoms with Crippen molar-refractivity contribution in [3.8, 4) is 5.13 Å². The number of rotatable bonds is 5. The van der Waals surface area contributed by atoms with Crippen molar-refractivity contribution in [3.63, 3.8) is 0 Å². The lowest BCUT2D eigenvalue weighted by Gasteiger charge is -2.12. The third-order valence-electron chi connectivity index (χ3n) is 6.08. The highest BCUT2D eigenvalue weighted by Crippen LogP contribution is 2.25. The van der Waals surface area contributed by atoms with Crippen LogP contribution in [0.5, 0.6) is 0 Å². The number of aromatic nitrogens is 6. The van der Waals surface area contributed by atoms with Crippen LogP contribution in [0.3, 0.4) is 0 Å². The van der Waals surface area contributed by atoms with Crippen LogP contribution >= 0.6 is 22.9 Å². The van der Waals surface area contributed by atoms with Crippen molar-refractivity contribution < 1.29 is 0 Å². The van der Waals surface area contributed by atoms with Crippen molar-refractivity contribution in [2.75, 3.05) is 0 Å². The van der Waals surface area contributed by atoms with Gasteiger partial charge in [0.05, 0.1) is 29.7 Å². The highest BCUT2D eigenvalue weighted by Gasteiger charge is 2.22. The molecule has 0 N–H and O–H groups in total. The van der Waals surface area contributed by atoms with Crippen LogP contribution in [0.1, 0.15) is 17.0 Å². The smallest absolute Gasteiger partial charge is 0.283 e. The van der Waals surface area contributed by atoms with E-state index in [0.717, 1.165) is 10.4 Å². The third kappa shape index (κ3) is 3.82. The molecule has 0 aliphatic heterocycles. The van der Waals surface area contributed by atoms with Gasteiger partial charge in [0.15, 0.2) is 0 Å². The van der Waals surface area contributed by atoms with Crippen LogP contribution < -0.4 is 11.1 Å². The number of hydrogen-bond donors (Lipinski definition) is 0. The molecule has 0 radical (unpaired) electrons. The van der Waals surface area contributed by atoms with Gasteiger partial charge in [-0.3, -0.25) is 14.3 Å². The molecule has 0 aliphatic carbocycles. The molecule has 0 atom stereocenters. The Morgan fingerprint density at radius 1 is 0.944 bits per heavy atom. The predicted molar refractivity (Wildman–Crippen MR) is 141 cm³/mol. The van der Waals surface area contributed by atoms with Crippen LogP contribution in [-0.2, 0) is 13.1 Å². The van der Waals surface area contributed by atoms with Gasteiger partial charge in [-0.15, -0.1) is 0 Å². The Bertz CT molecular complexity index is 1840. The normalized spacial score (nSPS) is 11.5. The second-order valence-electron chi connectivity index (χ2n) is 8.35. The van der Waals surface area contributed by atoms with Gasteiger partial charge in [0.2, 0.25) is 5.13 Å². The van der Waals surface area contributed by atoms with Gasteiger partial charge in [-0.25, -0.2) is 15.0 Å². The molecule has 178 valence electrons. The van der Waals surface area contributed by atoms with Crippen LogP contribution in [0.25, 0.3) is 26.4 Å². The van der Waals surface area contributed by atoms with Crippen LogP contribution in [0.2, 0.25) is 5.15 Å². The molecule has 0 saturated carbocycles. The summed E-state index contributed by atoms with van der Waals surface area (Å²) in [7, 11) is 0. The number of pyridine rings is 3. The molecule has 0 spiro atoms. The van der Waals surface area contributed by atoms with E-state index in [0.29, 0.717) is 44.6 Å². The number of halogens is 1. The molecule has 6 rings (SSSR count). The fourth-order valence-corrected chi connectivity index (χ4v) is 5.49. The van der Waals surface area contributed by atoms with Gasteiger partial charge in [0.25, 0.3) is 11.1 Å². The Kier molecular flexibility index (Phi) is 5.50. The number of aryl methyl sites for hydroxylation is 1. The number of hydrogen-bond acceptors (Lipinski definition) is 6. The molecule has 5 aromatic heterocycles. The topological polar surface area (TPSA) is 87.6 Å². The Morgan fingerprint density at radius 3 is 2.56 bits per heavy atom.